The number of fused-ring (bicyclic) bond motifs is 1. The first-order valence-electron chi connectivity index (χ1n) is 6.99. The molecule has 0 aliphatic carbocycles. The maximum atomic E-state index is 9.90. The fourth-order valence-corrected chi connectivity index (χ4v) is 1.93. The molecule has 0 unspecified atom stereocenters. The van der Waals surface area contributed by atoms with E-state index in [0.29, 0.717) is 13.2 Å². The highest BCUT2D eigenvalue weighted by Gasteiger charge is 2.12. The molecule has 0 bridgehead atoms. The van der Waals surface area contributed by atoms with Gasteiger partial charge in [0.1, 0.15) is 18.5 Å². The van der Waals surface area contributed by atoms with E-state index in [2.05, 4.69) is 38.2 Å². The average Bonchev–Trinajstić information content (AvgIpc) is 2.42. The van der Waals surface area contributed by atoms with Crippen molar-refractivity contribution in [2.24, 2.45) is 0 Å². The Morgan fingerprint density at radius 1 is 1.10 bits per heavy atom. The highest BCUT2D eigenvalue weighted by molar-refractivity contribution is 5.83. The molecule has 2 N–H and O–H groups in total. The second-order valence-corrected chi connectivity index (χ2v) is 6.10. The summed E-state index contributed by atoms with van der Waals surface area (Å²) in [6.07, 6.45) is -0.513. The summed E-state index contributed by atoms with van der Waals surface area (Å²) in [7, 11) is 0. The lowest BCUT2D eigenvalue weighted by atomic mass is 10.1. The SMILES string of the molecule is CC(C)(C)NC[C@H](O)COc1ccc2ccccc2c1. The number of aliphatic hydroxyl groups is 1. The van der Waals surface area contributed by atoms with Gasteiger partial charge < -0.3 is 15.2 Å². The van der Waals surface area contributed by atoms with E-state index < -0.39 is 6.10 Å². The Morgan fingerprint density at radius 2 is 1.80 bits per heavy atom. The van der Waals surface area contributed by atoms with Crippen molar-refractivity contribution in [2.45, 2.75) is 32.4 Å². The van der Waals surface area contributed by atoms with Gasteiger partial charge in [0.2, 0.25) is 0 Å². The number of β-amino-alcohol motifs (C(OH)–C–C–N with tert-alkyl or cyclic N) is 1. The second kappa shape index (κ2) is 6.25. The van der Waals surface area contributed by atoms with Gasteiger partial charge in [0.25, 0.3) is 0 Å². The van der Waals surface area contributed by atoms with Crippen molar-refractivity contribution in [1.29, 1.82) is 0 Å². The van der Waals surface area contributed by atoms with Crippen molar-refractivity contribution in [3.05, 3.63) is 42.5 Å². The molecule has 20 heavy (non-hydrogen) atoms. The fourth-order valence-electron chi connectivity index (χ4n) is 1.93. The van der Waals surface area contributed by atoms with Crippen molar-refractivity contribution in [1.82, 2.24) is 5.32 Å². The molecule has 2 aromatic rings. The van der Waals surface area contributed by atoms with Gasteiger partial charge in [0.05, 0.1) is 0 Å². The smallest absolute Gasteiger partial charge is 0.120 e. The lowest BCUT2D eigenvalue weighted by Gasteiger charge is -2.23. The lowest BCUT2D eigenvalue weighted by Crippen LogP contribution is -2.42. The summed E-state index contributed by atoms with van der Waals surface area (Å²) in [5.74, 6) is 0.790. The van der Waals surface area contributed by atoms with Crippen LogP contribution in [0.2, 0.25) is 0 Å². The Kier molecular flexibility index (Phi) is 4.63. The first-order chi connectivity index (χ1) is 9.44. The molecule has 0 saturated carbocycles. The standard InChI is InChI=1S/C17H23NO2/c1-17(2,3)18-11-15(19)12-20-16-9-8-13-6-4-5-7-14(13)10-16/h4-10,15,18-19H,11-12H2,1-3H3/t15-/m0/s1. The topological polar surface area (TPSA) is 41.5 Å². The zero-order valence-electron chi connectivity index (χ0n) is 12.4. The first kappa shape index (κ1) is 14.8. The summed E-state index contributed by atoms with van der Waals surface area (Å²) in [4.78, 5) is 0. The molecule has 0 spiro atoms. The summed E-state index contributed by atoms with van der Waals surface area (Å²) in [5, 5.41) is 15.5. The highest BCUT2D eigenvalue weighted by atomic mass is 16.5. The number of rotatable bonds is 5. The average molecular weight is 273 g/mol. The molecule has 1 atom stereocenters. The Hall–Kier alpha value is -1.58. The van der Waals surface area contributed by atoms with E-state index >= 15 is 0 Å². The Balaban J connectivity index is 1.89. The van der Waals surface area contributed by atoms with Crippen molar-refractivity contribution >= 4 is 10.8 Å². The molecule has 0 aliphatic heterocycles. The Labute approximate surface area is 120 Å². The molecule has 0 amide bonds. The van der Waals surface area contributed by atoms with E-state index in [1.165, 1.54) is 5.39 Å². The van der Waals surface area contributed by atoms with E-state index in [9.17, 15) is 5.11 Å². The van der Waals surface area contributed by atoms with Crippen LogP contribution in [0, 0.1) is 0 Å². The van der Waals surface area contributed by atoms with Crippen LogP contribution in [0.25, 0.3) is 10.8 Å². The largest absolute Gasteiger partial charge is 0.491 e. The van der Waals surface area contributed by atoms with Crippen LogP contribution < -0.4 is 10.1 Å². The molecule has 0 fully saturated rings. The molecule has 0 aliphatic rings. The number of benzene rings is 2. The Morgan fingerprint density at radius 3 is 2.50 bits per heavy atom. The van der Waals surface area contributed by atoms with Crippen LogP contribution in [0.3, 0.4) is 0 Å². The molecule has 0 saturated heterocycles. The molecule has 108 valence electrons. The third-order valence-electron chi connectivity index (χ3n) is 3.03. The fraction of sp³-hybridized carbons (Fsp3) is 0.412. The van der Waals surface area contributed by atoms with Gasteiger partial charge in [-0.3, -0.25) is 0 Å². The number of hydrogen-bond donors (Lipinski definition) is 2. The molecule has 3 heteroatoms. The zero-order chi connectivity index (χ0) is 14.6. The lowest BCUT2D eigenvalue weighted by molar-refractivity contribution is 0.100. The van der Waals surface area contributed by atoms with Gasteiger partial charge in [-0.25, -0.2) is 0 Å². The van der Waals surface area contributed by atoms with Gasteiger partial charge in [0, 0.05) is 12.1 Å². The third-order valence-corrected chi connectivity index (χ3v) is 3.03. The maximum absolute atomic E-state index is 9.90. The van der Waals surface area contributed by atoms with Crippen LogP contribution >= 0.6 is 0 Å². The number of aliphatic hydroxyl groups excluding tert-OH is 1. The van der Waals surface area contributed by atoms with E-state index in [4.69, 9.17) is 4.74 Å². The number of hydrogen-bond acceptors (Lipinski definition) is 3. The molecule has 0 heterocycles. The van der Waals surface area contributed by atoms with Gasteiger partial charge in [-0.2, -0.15) is 0 Å². The summed E-state index contributed by atoms with van der Waals surface area (Å²) in [6, 6.07) is 14.1. The predicted octanol–water partition coefficient (Wildman–Crippen LogP) is 2.97. The summed E-state index contributed by atoms with van der Waals surface area (Å²) in [5.41, 5.74) is 0.00390. The summed E-state index contributed by atoms with van der Waals surface area (Å²) < 4.78 is 5.65. The quantitative estimate of drug-likeness (QED) is 0.880. The van der Waals surface area contributed by atoms with Crippen LogP contribution in [0.4, 0.5) is 0 Å². The third kappa shape index (κ3) is 4.51. The van der Waals surface area contributed by atoms with Crippen LogP contribution in [-0.4, -0.2) is 29.9 Å². The molecular weight excluding hydrogens is 250 g/mol. The van der Waals surface area contributed by atoms with Gasteiger partial charge in [0.15, 0.2) is 0 Å². The van der Waals surface area contributed by atoms with Crippen molar-refractivity contribution in [3.8, 4) is 5.75 Å². The summed E-state index contributed by atoms with van der Waals surface area (Å²) >= 11 is 0. The van der Waals surface area contributed by atoms with Gasteiger partial charge in [-0.1, -0.05) is 30.3 Å². The van der Waals surface area contributed by atoms with Crippen molar-refractivity contribution in [3.63, 3.8) is 0 Å². The highest BCUT2D eigenvalue weighted by Crippen LogP contribution is 2.20. The van der Waals surface area contributed by atoms with Crippen LogP contribution in [0.15, 0.2) is 42.5 Å². The van der Waals surface area contributed by atoms with Gasteiger partial charge in [-0.05, 0) is 43.7 Å². The molecule has 2 rings (SSSR count). The van der Waals surface area contributed by atoms with Crippen molar-refractivity contribution < 1.29 is 9.84 Å². The number of ether oxygens (including phenoxy) is 1. The van der Waals surface area contributed by atoms with Crippen molar-refractivity contribution in [2.75, 3.05) is 13.2 Å². The van der Waals surface area contributed by atoms with E-state index in [0.717, 1.165) is 11.1 Å². The second-order valence-electron chi connectivity index (χ2n) is 6.10. The van der Waals surface area contributed by atoms with Crippen LogP contribution in [-0.2, 0) is 0 Å². The van der Waals surface area contributed by atoms with Crippen LogP contribution in [0.5, 0.6) is 5.75 Å². The molecule has 0 radical (unpaired) electrons. The van der Waals surface area contributed by atoms with E-state index in [1.54, 1.807) is 0 Å². The first-order valence-corrected chi connectivity index (χ1v) is 6.99. The minimum absolute atomic E-state index is 0.00390. The van der Waals surface area contributed by atoms with Gasteiger partial charge >= 0.3 is 0 Å². The minimum Gasteiger partial charge on any atom is -0.491 e. The molecule has 3 nitrogen and oxygen atoms in total. The molecular formula is C17H23NO2. The molecule has 2 aromatic carbocycles. The van der Waals surface area contributed by atoms with Gasteiger partial charge in [-0.15, -0.1) is 0 Å². The molecule has 0 aromatic heterocycles. The summed E-state index contributed by atoms with van der Waals surface area (Å²) in [6.45, 7) is 7.04. The van der Waals surface area contributed by atoms with E-state index in [1.807, 2.05) is 30.3 Å². The minimum atomic E-state index is -0.513. The number of nitrogens with one attached hydrogen (secondary N) is 1. The Bertz CT molecular complexity index is 560. The van der Waals surface area contributed by atoms with Crippen LogP contribution in [0.1, 0.15) is 20.8 Å². The van der Waals surface area contributed by atoms with E-state index in [-0.39, 0.29) is 5.54 Å². The maximum Gasteiger partial charge on any atom is 0.120 e. The normalized spacial score (nSPS) is 13.4. The zero-order valence-corrected chi connectivity index (χ0v) is 12.4. The monoisotopic (exact) mass is 273 g/mol. The predicted molar refractivity (Wildman–Crippen MR) is 83.2 cm³/mol.